The number of aromatic nitrogens is 3. The minimum Gasteiger partial charge on any atom is -0.307 e. The van der Waals surface area contributed by atoms with E-state index in [2.05, 4.69) is 72.1 Å². The zero-order valence-electron chi connectivity index (χ0n) is 19.3. The van der Waals surface area contributed by atoms with Gasteiger partial charge in [-0.1, -0.05) is 19.3 Å². The molecule has 2 aromatic rings. The fourth-order valence-corrected chi connectivity index (χ4v) is 5.80. The van der Waals surface area contributed by atoms with E-state index in [-0.39, 0.29) is 11.1 Å². The third-order valence-corrected chi connectivity index (χ3v) is 6.81. The highest BCUT2D eigenvalue weighted by Gasteiger charge is 2.40. The van der Waals surface area contributed by atoms with Gasteiger partial charge in [-0.05, 0) is 71.1 Å². The van der Waals surface area contributed by atoms with Crippen LogP contribution < -0.4 is 5.32 Å². The molecule has 5 nitrogen and oxygen atoms in total. The van der Waals surface area contributed by atoms with Crippen molar-refractivity contribution in [2.24, 2.45) is 0 Å². The van der Waals surface area contributed by atoms with Gasteiger partial charge in [-0.3, -0.25) is 14.6 Å². The molecule has 0 amide bonds. The SMILES string of the molecule is CC1(C)CC(N(Cc2ccncc2)Cc2cnn(C3CCCCC3)c2)CC(C)(C)N1. The minimum absolute atomic E-state index is 0.134. The van der Waals surface area contributed by atoms with Crippen molar-refractivity contribution in [3.63, 3.8) is 0 Å². The number of hydrogen-bond donors (Lipinski definition) is 1. The van der Waals surface area contributed by atoms with Crippen molar-refractivity contribution in [2.45, 2.75) is 109 Å². The molecule has 2 aliphatic rings. The van der Waals surface area contributed by atoms with Gasteiger partial charge in [0.05, 0.1) is 12.2 Å². The Morgan fingerprint density at radius 3 is 2.27 bits per heavy atom. The molecule has 0 unspecified atom stereocenters. The lowest BCUT2D eigenvalue weighted by molar-refractivity contribution is 0.0563. The molecule has 2 fully saturated rings. The molecule has 2 aromatic heterocycles. The van der Waals surface area contributed by atoms with Gasteiger partial charge in [-0.2, -0.15) is 5.10 Å². The molecule has 0 aromatic carbocycles. The average Bonchev–Trinajstić information content (AvgIpc) is 3.15. The molecule has 30 heavy (non-hydrogen) atoms. The lowest BCUT2D eigenvalue weighted by Gasteiger charge is -2.49. The normalized spacial score (nSPS) is 22.4. The predicted molar refractivity (Wildman–Crippen MR) is 122 cm³/mol. The van der Waals surface area contributed by atoms with E-state index in [0.717, 1.165) is 25.9 Å². The standard InChI is InChI=1S/C25H39N5/c1-24(2)14-23(15-25(3,4)28-24)29(17-20-10-12-26-13-11-20)18-21-16-27-30(19-21)22-8-6-5-7-9-22/h10-13,16,19,22-23,28H,5-9,14-15,17-18H2,1-4H3. The van der Waals surface area contributed by atoms with Crippen LogP contribution >= 0.6 is 0 Å². The predicted octanol–water partition coefficient (Wildman–Crippen LogP) is 5.09. The summed E-state index contributed by atoms with van der Waals surface area (Å²) in [5, 5.41) is 8.61. The number of pyridine rings is 1. The van der Waals surface area contributed by atoms with Crippen LogP contribution in [0, 0.1) is 0 Å². The Hall–Kier alpha value is -1.72. The van der Waals surface area contributed by atoms with Crippen LogP contribution in [0.4, 0.5) is 0 Å². The second kappa shape index (κ2) is 8.80. The van der Waals surface area contributed by atoms with Gasteiger partial charge >= 0.3 is 0 Å². The van der Waals surface area contributed by atoms with Crippen LogP contribution in [0.5, 0.6) is 0 Å². The van der Waals surface area contributed by atoms with E-state index < -0.39 is 0 Å². The van der Waals surface area contributed by atoms with Crippen LogP contribution in [0.15, 0.2) is 36.9 Å². The molecule has 1 saturated carbocycles. The van der Waals surface area contributed by atoms with Crippen molar-refractivity contribution >= 4 is 0 Å². The van der Waals surface area contributed by atoms with Crippen molar-refractivity contribution in [3.8, 4) is 0 Å². The van der Waals surface area contributed by atoms with Gasteiger partial charge < -0.3 is 5.32 Å². The molecule has 0 radical (unpaired) electrons. The van der Waals surface area contributed by atoms with Crippen molar-refractivity contribution < 1.29 is 0 Å². The van der Waals surface area contributed by atoms with E-state index in [9.17, 15) is 0 Å². The van der Waals surface area contributed by atoms with Crippen LogP contribution in [-0.2, 0) is 13.1 Å². The van der Waals surface area contributed by atoms with Gasteiger partial charge in [0.1, 0.15) is 0 Å². The smallest absolute Gasteiger partial charge is 0.0534 e. The van der Waals surface area contributed by atoms with Crippen LogP contribution in [0.25, 0.3) is 0 Å². The molecule has 1 aliphatic carbocycles. The first-order valence-corrected chi connectivity index (χ1v) is 11.8. The summed E-state index contributed by atoms with van der Waals surface area (Å²) >= 11 is 0. The number of hydrogen-bond acceptors (Lipinski definition) is 4. The van der Waals surface area contributed by atoms with Crippen molar-refractivity contribution in [1.82, 2.24) is 25.0 Å². The van der Waals surface area contributed by atoms with E-state index in [0.29, 0.717) is 12.1 Å². The third kappa shape index (κ3) is 5.50. The van der Waals surface area contributed by atoms with E-state index in [1.165, 1.54) is 43.2 Å². The van der Waals surface area contributed by atoms with E-state index in [1.54, 1.807) is 0 Å². The number of rotatable bonds is 6. The van der Waals surface area contributed by atoms with Crippen LogP contribution in [0.1, 0.15) is 89.8 Å². The van der Waals surface area contributed by atoms with E-state index in [4.69, 9.17) is 5.10 Å². The summed E-state index contributed by atoms with van der Waals surface area (Å²) in [5.74, 6) is 0. The third-order valence-electron chi connectivity index (χ3n) is 6.81. The molecule has 1 saturated heterocycles. The van der Waals surface area contributed by atoms with E-state index in [1.807, 2.05) is 12.4 Å². The van der Waals surface area contributed by atoms with Crippen molar-refractivity contribution in [2.75, 3.05) is 0 Å². The van der Waals surface area contributed by atoms with Gasteiger partial charge in [0.25, 0.3) is 0 Å². The molecule has 1 aliphatic heterocycles. The van der Waals surface area contributed by atoms with E-state index >= 15 is 0 Å². The van der Waals surface area contributed by atoms with Crippen LogP contribution in [0.3, 0.4) is 0 Å². The van der Waals surface area contributed by atoms with Crippen LogP contribution in [0.2, 0.25) is 0 Å². The van der Waals surface area contributed by atoms with Gasteiger partial charge in [0, 0.05) is 54.4 Å². The summed E-state index contributed by atoms with van der Waals surface area (Å²) in [7, 11) is 0. The molecular weight excluding hydrogens is 370 g/mol. The maximum atomic E-state index is 4.77. The Balaban J connectivity index is 1.54. The monoisotopic (exact) mass is 409 g/mol. The number of nitrogens with zero attached hydrogens (tertiary/aromatic N) is 4. The molecule has 0 bridgehead atoms. The Morgan fingerprint density at radius 1 is 0.967 bits per heavy atom. The summed E-state index contributed by atoms with van der Waals surface area (Å²) in [6.45, 7) is 11.3. The first kappa shape index (κ1) is 21.5. The zero-order valence-corrected chi connectivity index (χ0v) is 19.3. The van der Waals surface area contributed by atoms with Gasteiger partial charge in [-0.25, -0.2) is 0 Å². The Morgan fingerprint density at radius 2 is 1.60 bits per heavy atom. The molecule has 0 spiro atoms. The largest absolute Gasteiger partial charge is 0.307 e. The molecule has 4 rings (SSSR count). The maximum Gasteiger partial charge on any atom is 0.0534 e. The highest BCUT2D eigenvalue weighted by atomic mass is 15.3. The second-order valence-corrected chi connectivity index (χ2v) is 10.8. The Labute approximate surface area is 182 Å². The zero-order chi connectivity index (χ0) is 21.2. The minimum atomic E-state index is 0.134. The summed E-state index contributed by atoms with van der Waals surface area (Å²) in [6.07, 6.45) is 17.1. The van der Waals surface area contributed by atoms with Crippen LogP contribution in [-0.4, -0.2) is 36.8 Å². The number of piperidine rings is 1. The highest BCUT2D eigenvalue weighted by molar-refractivity contribution is 5.12. The van der Waals surface area contributed by atoms with Crippen molar-refractivity contribution in [1.29, 1.82) is 0 Å². The molecule has 164 valence electrons. The average molecular weight is 410 g/mol. The maximum absolute atomic E-state index is 4.77. The Kier molecular flexibility index (Phi) is 6.31. The second-order valence-electron chi connectivity index (χ2n) is 10.8. The van der Waals surface area contributed by atoms with Gasteiger partial charge in [0.2, 0.25) is 0 Å². The molecule has 0 atom stereocenters. The summed E-state index contributed by atoms with van der Waals surface area (Å²) < 4.78 is 2.25. The van der Waals surface area contributed by atoms with Gasteiger partial charge in [-0.15, -0.1) is 0 Å². The van der Waals surface area contributed by atoms with Crippen molar-refractivity contribution in [3.05, 3.63) is 48.0 Å². The molecule has 1 N–H and O–H groups in total. The number of nitrogens with one attached hydrogen (secondary N) is 1. The first-order chi connectivity index (χ1) is 14.3. The molecule has 5 heteroatoms. The summed E-state index contributed by atoms with van der Waals surface area (Å²) in [6, 6.07) is 5.42. The fraction of sp³-hybridized carbons (Fsp3) is 0.680. The lowest BCUT2D eigenvalue weighted by atomic mass is 9.79. The first-order valence-electron chi connectivity index (χ1n) is 11.8. The highest BCUT2D eigenvalue weighted by Crippen LogP contribution is 2.33. The lowest BCUT2D eigenvalue weighted by Crippen LogP contribution is -2.62. The quantitative estimate of drug-likeness (QED) is 0.721. The fourth-order valence-electron chi connectivity index (χ4n) is 5.80. The van der Waals surface area contributed by atoms with Gasteiger partial charge in [0.15, 0.2) is 0 Å². The summed E-state index contributed by atoms with van der Waals surface area (Å²) in [5.41, 5.74) is 2.94. The molecule has 3 heterocycles. The molecular formula is C25H39N5. The topological polar surface area (TPSA) is 46.0 Å². The Bertz CT molecular complexity index is 788. The summed E-state index contributed by atoms with van der Waals surface area (Å²) in [4.78, 5) is 6.88.